The normalized spacial score (nSPS) is 13.0. The number of hydrogen-bond acceptors (Lipinski definition) is 2. The van der Waals surface area contributed by atoms with Crippen molar-refractivity contribution in [3.05, 3.63) is 0 Å². The number of carbonyl (C=O) groups is 1. The number of hydrogen-bond donors (Lipinski definition) is 2. The van der Waals surface area contributed by atoms with Gasteiger partial charge in [-0.1, -0.05) is 0 Å². The SMILES string of the molecule is C[C@H](N)CN(C(=O)O)C(C)(C)C.Cl. The molecule has 3 N–H and O–H groups in total. The third-order valence-corrected chi connectivity index (χ3v) is 1.51. The van der Waals surface area contributed by atoms with Crippen LogP contribution in [0, 0.1) is 0 Å². The summed E-state index contributed by atoms with van der Waals surface area (Å²) >= 11 is 0. The van der Waals surface area contributed by atoms with Gasteiger partial charge in [-0.15, -0.1) is 12.4 Å². The molecule has 0 bridgehead atoms. The molecule has 5 heteroatoms. The molecule has 0 aliphatic rings. The average molecular weight is 211 g/mol. The van der Waals surface area contributed by atoms with E-state index in [2.05, 4.69) is 0 Å². The predicted molar refractivity (Wildman–Crippen MR) is 55.4 cm³/mol. The number of nitrogens with two attached hydrogens (primary N) is 1. The number of carboxylic acid groups (broad SMARTS) is 1. The maximum absolute atomic E-state index is 10.8. The van der Waals surface area contributed by atoms with E-state index in [0.717, 1.165) is 0 Å². The van der Waals surface area contributed by atoms with Crippen LogP contribution in [0.4, 0.5) is 4.79 Å². The van der Waals surface area contributed by atoms with E-state index in [1.165, 1.54) is 4.90 Å². The number of halogens is 1. The first-order chi connectivity index (χ1) is 5.25. The van der Waals surface area contributed by atoms with Gasteiger partial charge in [0, 0.05) is 18.1 Å². The predicted octanol–water partition coefficient (Wildman–Crippen LogP) is 1.53. The summed E-state index contributed by atoms with van der Waals surface area (Å²) in [7, 11) is 0. The van der Waals surface area contributed by atoms with Gasteiger partial charge in [-0.05, 0) is 27.7 Å². The zero-order chi connectivity index (χ0) is 9.94. The van der Waals surface area contributed by atoms with Crippen molar-refractivity contribution in [2.45, 2.75) is 39.3 Å². The van der Waals surface area contributed by atoms with E-state index in [1.807, 2.05) is 20.8 Å². The molecule has 80 valence electrons. The summed E-state index contributed by atoms with van der Waals surface area (Å²) in [6, 6.07) is -0.125. The van der Waals surface area contributed by atoms with Crippen LogP contribution in [-0.2, 0) is 0 Å². The third kappa shape index (κ3) is 5.71. The minimum atomic E-state index is -0.917. The largest absolute Gasteiger partial charge is 0.465 e. The minimum absolute atomic E-state index is 0. The Morgan fingerprint density at radius 1 is 1.54 bits per heavy atom. The second kappa shape index (κ2) is 5.29. The van der Waals surface area contributed by atoms with Gasteiger partial charge in [0.25, 0.3) is 0 Å². The van der Waals surface area contributed by atoms with Crippen molar-refractivity contribution >= 4 is 18.5 Å². The van der Waals surface area contributed by atoms with Crippen molar-refractivity contribution < 1.29 is 9.90 Å². The fourth-order valence-electron chi connectivity index (χ4n) is 0.927. The molecule has 0 aromatic rings. The Labute approximate surface area is 85.5 Å². The van der Waals surface area contributed by atoms with Gasteiger partial charge in [0.2, 0.25) is 0 Å². The Kier molecular flexibility index (Phi) is 6.11. The van der Waals surface area contributed by atoms with E-state index in [-0.39, 0.29) is 24.0 Å². The van der Waals surface area contributed by atoms with Crippen LogP contribution < -0.4 is 5.73 Å². The maximum atomic E-state index is 10.8. The first-order valence-corrected chi connectivity index (χ1v) is 4.01. The molecular weight excluding hydrogens is 192 g/mol. The molecule has 0 heterocycles. The zero-order valence-corrected chi connectivity index (χ0v) is 9.39. The number of rotatable bonds is 2. The van der Waals surface area contributed by atoms with E-state index >= 15 is 0 Å². The molecule has 1 amide bonds. The van der Waals surface area contributed by atoms with Gasteiger partial charge in [-0.2, -0.15) is 0 Å². The second-order valence-electron chi connectivity index (χ2n) is 4.04. The van der Waals surface area contributed by atoms with Crippen LogP contribution in [0.25, 0.3) is 0 Å². The van der Waals surface area contributed by atoms with Gasteiger partial charge in [0.1, 0.15) is 0 Å². The number of amides is 1. The summed E-state index contributed by atoms with van der Waals surface area (Å²) in [4.78, 5) is 12.1. The van der Waals surface area contributed by atoms with Crippen LogP contribution in [-0.4, -0.2) is 34.2 Å². The summed E-state index contributed by atoms with van der Waals surface area (Å²) in [6.07, 6.45) is -0.917. The Morgan fingerprint density at radius 2 is 1.92 bits per heavy atom. The zero-order valence-electron chi connectivity index (χ0n) is 8.57. The Morgan fingerprint density at radius 3 is 2.00 bits per heavy atom. The quantitative estimate of drug-likeness (QED) is 0.727. The molecule has 0 aliphatic heterocycles. The van der Waals surface area contributed by atoms with Crippen LogP contribution in [0.5, 0.6) is 0 Å². The summed E-state index contributed by atoms with van der Waals surface area (Å²) in [6.45, 7) is 7.72. The molecule has 0 saturated carbocycles. The first kappa shape index (κ1) is 15.0. The lowest BCUT2D eigenvalue weighted by atomic mass is 10.1. The molecule has 1 atom stereocenters. The lowest BCUT2D eigenvalue weighted by Crippen LogP contribution is -2.49. The average Bonchev–Trinajstić information content (AvgIpc) is 1.79. The van der Waals surface area contributed by atoms with Gasteiger partial charge in [-0.3, -0.25) is 0 Å². The summed E-state index contributed by atoms with van der Waals surface area (Å²) in [5.41, 5.74) is 5.15. The highest BCUT2D eigenvalue weighted by Crippen LogP contribution is 2.13. The molecule has 0 unspecified atom stereocenters. The van der Waals surface area contributed by atoms with Crippen molar-refractivity contribution in [3.63, 3.8) is 0 Å². The first-order valence-electron chi connectivity index (χ1n) is 4.01. The van der Waals surface area contributed by atoms with Crippen molar-refractivity contribution in [2.24, 2.45) is 5.73 Å². The highest BCUT2D eigenvalue weighted by molar-refractivity contribution is 5.85. The molecule has 0 radical (unpaired) electrons. The van der Waals surface area contributed by atoms with Crippen LogP contribution in [0.2, 0.25) is 0 Å². The molecule has 0 rings (SSSR count). The van der Waals surface area contributed by atoms with Crippen molar-refractivity contribution in [1.29, 1.82) is 0 Å². The molecule has 0 fully saturated rings. The molecule has 0 saturated heterocycles. The molecule has 0 aromatic carbocycles. The van der Waals surface area contributed by atoms with E-state index in [4.69, 9.17) is 10.8 Å². The second-order valence-corrected chi connectivity index (χ2v) is 4.04. The fraction of sp³-hybridized carbons (Fsp3) is 0.875. The van der Waals surface area contributed by atoms with Crippen LogP contribution in [0.3, 0.4) is 0 Å². The summed E-state index contributed by atoms with van der Waals surface area (Å²) < 4.78 is 0. The van der Waals surface area contributed by atoms with Crippen molar-refractivity contribution in [1.82, 2.24) is 4.90 Å². The van der Waals surface area contributed by atoms with Crippen molar-refractivity contribution in [2.75, 3.05) is 6.54 Å². The van der Waals surface area contributed by atoms with E-state index in [1.54, 1.807) is 6.92 Å². The van der Waals surface area contributed by atoms with E-state index in [0.29, 0.717) is 6.54 Å². The molecular formula is C8H19ClN2O2. The van der Waals surface area contributed by atoms with Gasteiger partial charge in [0.15, 0.2) is 0 Å². The smallest absolute Gasteiger partial charge is 0.407 e. The van der Waals surface area contributed by atoms with Gasteiger partial charge >= 0.3 is 6.09 Å². The highest BCUT2D eigenvalue weighted by atomic mass is 35.5. The third-order valence-electron chi connectivity index (χ3n) is 1.51. The Hall–Kier alpha value is -0.480. The lowest BCUT2D eigenvalue weighted by Gasteiger charge is -2.34. The molecule has 0 aliphatic carbocycles. The van der Waals surface area contributed by atoms with Crippen LogP contribution >= 0.6 is 12.4 Å². The Bertz CT molecular complexity index is 166. The molecule has 0 aromatic heterocycles. The summed E-state index contributed by atoms with van der Waals surface area (Å²) in [5.74, 6) is 0. The maximum Gasteiger partial charge on any atom is 0.407 e. The lowest BCUT2D eigenvalue weighted by molar-refractivity contribution is 0.0972. The topological polar surface area (TPSA) is 66.6 Å². The molecule has 0 spiro atoms. The van der Waals surface area contributed by atoms with E-state index in [9.17, 15) is 4.79 Å². The minimum Gasteiger partial charge on any atom is -0.465 e. The van der Waals surface area contributed by atoms with Crippen molar-refractivity contribution in [3.8, 4) is 0 Å². The highest BCUT2D eigenvalue weighted by Gasteiger charge is 2.26. The van der Waals surface area contributed by atoms with Gasteiger partial charge < -0.3 is 15.7 Å². The number of nitrogens with zero attached hydrogens (tertiary/aromatic N) is 1. The van der Waals surface area contributed by atoms with Crippen LogP contribution in [0.15, 0.2) is 0 Å². The molecule has 4 nitrogen and oxygen atoms in total. The van der Waals surface area contributed by atoms with Gasteiger partial charge in [0.05, 0.1) is 0 Å². The van der Waals surface area contributed by atoms with E-state index < -0.39 is 6.09 Å². The monoisotopic (exact) mass is 210 g/mol. The Balaban J connectivity index is 0. The summed E-state index contributed by atoms with van der Waals surface area (Å²) in [5, 5.41) is 8.83. The van der Waals surface area contributed by atoms with Gasteiger partial charge in [-0.25, -0.2) is 4.79 Å². The fourth-order valence-corrected chi connectivity index (χ4v) is 0.927. The molecule has 13 heavy (non-hydrogen) atoms. The van der Waals surface area contributed by atoms with Crippen LogP contribution in [0.1, 0.15) is 27.7 Å². The standard InChI is InChI=1S/C8H18N2O2.ClH/c1-6(9)5-10(7(11)12)8(2,3)4;/h6H,5,9H2,1-4H3,(H,11,12);1H/t6-;/m0./s1.